The summed E-state index contributed by atoms with van der Waals surface area (Å²) in [5.41, 5.74) is 5.98. The number of nitrogen functional groups attached to an aromatic ring is 1. The van der Waals surface area contributed by atoms with Gasteiger partial charge in [-0.15, -0.1) is 0 Å². The Morgan fingerprint density at radius 2 is 1.93 bits per heavy atom. The first-order chi connectivity index (χ1) is 7.25. The number of rotatable bonds is 2. The zero-order valence-corrected chi connectivity index (χ0v) is 8.49. The molecule has 1 aliphatic carbocycles. The van der Waals surface area contributed by atoms with Gasteiger partial charge in [-0.2, -0.15) is 0 Å². The molecular formula is C10H15FN4. The van der Waals surface area contributed by atoms with Crippen molar-refractivity contribution >= 4 is 11.6 Å². The molecule has 1 saturated carbocycles. The molecule has 4 nitrogen and oxygen atoms in total. The molecule has 1 heterocycles. The molecule has 82 valence electrons. The van der Waals surface area contributed by atoms with E-state index < -0.39 is 6.17 Å². The zero-order valence-electron chi connectivity index (χ0n) is 8.49. The average Bonchev–Trinajstić information content (AvgIpc) is 2.25. The molecule has 0 unspecified atom stereocenters. The second-order valence-corrected chi connectivity index (χ2v) is 3.89. The van der Waals surface area contributed by atoms with E-state index in [4.69, 9.17) is 5.73 Å². The van der Waals surface area contributed by atoms with E-state index in [9.17, 15) is 4.39 Å². The predicted octanol–water partition coefficient (Wildman–Crippen LogP) is 1.75. The van der Waals surface area contributed by atoms with Crippen molar-refractivity contribution in [2.24, 2.45) is 0 Å². The van der Waals surface area contributed by atoms with E-state index in [1.165, 1.54) is 12.4 Å². The van der Waals surface area contributed by atoms with Gasteiger partial charge in [0.1, 0.15) is 6.17 Å². The summed E-state index contributed by atoms with van der Waals surface area (Å²) < 4.78 is 13.5. The van der Waals surface area contributed by atoms with E-state index >= 15 is 0 Å². The van der Waals surface area contributed by atoms with Crippen LogP contribution in [0.25, 0.3) is 0 Å². The Bertz CT molecular complexity index is 314. The highest BCUT2D eigenvalue weighted by atomic mass is 19.1. The Kier molecular flexibility index (Phi) is 2.99. The molecule has 5 heteroatoms. The highest BCUT2D eigenvalue weighted by Gasteiger charge is 2.24. The maximum absolute atomic E-state index is 13.5. The lowest BCUT2D eigenvalue weighted by Crippen LogP contribution is -2.34. The molecule has 1 aromatic heterocycles. The van der Waals surface area contributed by atoms with Crippen LogP contribution in [0.2, 0.25) is 0 Å². The van der Waals surface area contributed by atoms with Crippen LogP contribution in [0.4, 0.5) is 16.0 Å². The maximum atomic E-state index is 13.5. The molecule has 0 amide bonds. The first kappa shape index (κ1) is 10.1. The van der Waals surface area contributed by atoms with Gasteiger partial charge in [0.15, 0.2) is 0 Å². The topological polar surface area (TPSA) is 63.8 Å². The van der Waals surface area contributed by atoms with Crippen molar-refractivity contribution in [3.8, 4) is 0 Å². The van der Waals surface area contributed by atoms with Gasteiger partial charge in [-0.3, -0.25) is 0 Å². The molecular weight excluding hydrogens is 195 g/mol. The van der Waals surface area contributed by atoms with E-state index in [-0.39, 0.29) is 6.04 Å². The van der Waals surface area contributed by atoms with Crippen LogP contribution in [0.3, 0.4) is 0 Å². The Hall–Kier alpha value is -1.39. The summed E-state index contributed by atoms with van der Waals surface area (Å²) in [5.74, 6) is 0.457. The van der Waals surface area contributed by atoms with Gasteiger partial charge in [0.2, 0.25) is 5.95 Å². The van der Waals surface area contributed by atoms with Gasteiger partial charge in [0.25, 0.3) is 0 Å². The minimum Gasteiger partial charge on any atom is -0.396 e. The van der Waals surface area contributed by atoms with Gasteiger partial charge in [-0.25, -0.2) is 14.4 Å². The van der Waals surface area contributed by atoms with Crippen molar-refractivity contribution < 1.29 is 4.39 Å². The van der Waals surface area contributed by atoms with Crippen LogP contribution in [-0.4, -0.2) is 22.2 Å². The van der Waals surface area contributed by atoms with Crippen molar-refractivity contribution in [2.45, 2.75) is 37.9 Å². The molecule has 0 aromatic carbocycles. The Morgan fingerprint density at radius 3 is 2.60 bits per heavy atom. The Labute approximate surface area is 88.1 Å². The predicted molar refractivity (Wildman–Crippen MR) is 57.2 cm³/mol. The number of hydrogen-bond donors (Lipinski definition) is 2. The van der Waals surface area contributed by atoms with E-state index in [1.807, 2.05) is 0 Å². The van der Waals surface area contributed by atoms with E-state index in [0.717, 1.165) is 19.3 Å². The van der Waals surface area contributed by atoms with Crippen LogP contribution < -0.4 is 11.1 Å². The van der Waals surface area contributed by atoms with Crippen LogP contribution in [0.15, 0.2) is 12.4 Å². The third-order valence-corrected chi connectivity index (χ3v) is 2.67. The SMILES string of the molecule is Nc1cnc(N[C@@H]2CCCC[C@H]2F)nc1. The Morgan fingerprint density at radius 1 is 1.27 bits per heavy atom. The molecule has 0 aliphatic heterocycles. The summed E-state index contributed by atoms with van der Waals surface area (Å²) in [6, 6.07) is -0.151. The molecule has 0 spiro atoms. The molecule has 2 rings (SSSR count). The quantitative estimate of drug-likeness (QED) is 0.780. The number of anilines is 2. The van der Waals surface area contributed by atoms with Gasteiger partial charge in [0, 0.05) is 0 Å². The van der Waals surface area contributed by atoms with Gasteiger partial charge < -0.3 is 11.1 Å². The van der Waals surface area contributed by atoms with Crippen LogP contribution in [-0.2, 0) is 0 Å². The fourth-order valence-corrected chi connectivity index (χ4v) is 1.83. The van der Waals surface area contributed by atoms with E-state index in [2.05, 4.69) is 15.3 Å². The van der Waals surface area contributed by atoms with Crippen molar-refractivity contribution in [1.82, 2.24) is 9.97 Å². The normalized spacial score (nSPS) is 26.2. The second-order valence-electron chi connectivity index (χ2n) is 3.89. The van der Waals surface area contributed by atoms with E-state index in [0.29, 0.717) is 18.1 Å². The summed E-state index contributed by atoms with van der Waals surface area (Å²) in [6.45, 7) is 0. The van der Waals surface area contributed by atoms with Crippen molar-refractivity contribution in [3.05, 3.63) is 12.4 Å². The summed E-state index contributed by atoms with van der Waals surface area (Å²) in [7, 11) is 0. The molecule has 3 N–H and O–H groups in total. The smallest absolute Gasteiger partial charge is 0.223 e. The number of nitrogens with one attached hydrogen (secondary N) is 1. The van der Waals surface area contributed by atoms with Gasteiger partial charge in [-0.1, -0.05) is 12.8 Å². The van der Waals surface area contributed by atoms with E-state index in [1.54, 1.807) is 0 Å². The number of nitrogens with two attached hydrogens (primary N) is 1. The lowest BCUT2D eigenvalue weighted by atomic mass is 9.94. The summed E-state index contributed by atoms with van der Waals surface area (Å²) >= 11 is 0. The van der Waals surface area contributed by atoms with Crippen LogP contribution in [0, 0.1) is 0 Å². The third-order valence-electron chi connectivity index (χ3n) is 2.67. The fourth-order valence-electron chi connectivity index (χ4n) is 1.83. The first-order valence-corrected chi connectivity index (χ1v) is 5.24. The number of halogens is 1. The molecule has 0 radical (unpaired) electrons. The fraction of sp³-hybridized carbons (Fsp3) is 0.600. The number of hydrogen-bond acceptors (Lipinski definition) is 4. The van der Waals surface area contributed by atoms with Crippen molar-refractivity contribution in [1.29, 1.82) is 0 Å². The molecule has 1 aliphatic rings. The van der Waals surface area contributed by atoms with Crippen molar-refractivity contribution in [2.75, 3.05) is 11.1 Å². The Balaban J connectivity index is 1.98. The molecule has 0 saturated heterocycles. The van der Waals surface area contributed by atoms with Crippen molar-refractivity contribution in [3.63, 3.8) is 0 Å². The lowest BCUT2D eigenvalue weighted by Gasteiger charge is -2.26. The maximum Gasteiger partial charge on any atom is 0.223 e. The lowest BCUT2D eigenvalue weighted by molar-refractivity contribution is 0.229. The highest BCUT2D eigenvalue weighted by molar-refractivity contribution is 5.36. The van der Waals surface area contributed by atoms with Crippen LogP contribution >= 0.6 is 0 Å². The summed E-state index contributed by atoms with van der Waals surface area (Å²) in [4.78, 5) is 7.99. The number of alkyl halides is 1. The van der Waals surface area contributed by atoms with Gasteiger partial charge >= 0.3 is 0 Å². The molecule has 15 heavy (non-hydrogen) atoms. The first-order valence-electron chi connectivity index (χ1n) is 5.24. The average molecular weight is 210 g/mol. The van der Waals surface area contributed by atoms with Gasteiger partial charge in [0.05, 0.1) is 24.1 Å². The second kappa shape index (κ2) is 4.42. The minimum absolute atomic E-state index is 0.151. The summed E-state index contributed by atoms with van der Waals surface area (Å²) in [5, 5.41) is 3.01. The molecule has 0 bridgehead atoms. The standard InChI is InChI=1S/C10H15FN4/c11-8-3-1-2-4-9(8)15-10-13-5-7(12)6-14-10/h5-6,8-9H,1-4,12H2,(H,13,14,15)/t8-,9-/m1/s1. The van der Waals surface area contributed by atoms with Crippen LogP contribution in [0.5, 0.6) is 0 Å². The highest BCUT2D eigenvalue weighted by Crippen LogP contribution is 2.23. The zero-order chi connectivity index (χ0) is 10.7. The monoisotopic (exact) mass is 210 g/mol. The molecule has 1 fully saturated rings. The minimum atomic E-state index is -0.792. The van der Waals surface area contributed by atoms with Crippen LogP contribution in [0.1, 0.15) is 25.7 Å². The largest absolute Gasteiger partial charge is 0.396 e. The number of nitrogens with zero attached hydrogens (tertiary/aromatic N) is 2. The van der Waals surface area contributed by atoms with Gasteiger partial charge in [-0.05, 0) is 12.8 Å². The molecule has 1 aromatic rings. The number of aromatic nitrogens is 2. The third kappa shape index (κ3) is 2.55. The summed E-state index contributed by atoms with van der Waals surface area (Å²) in [6.07, 6.45) is 5.76. The molecule has 2 atom stereocenters.